The molecule has 1 unspecified atom stereocenters. The highest BCUT2D eigenvalue weighted by molar-refractivity contribution is 5.87. The van der Waals surface area contributed by atoms with E-state index in [0.717, 1.165) is 80.3 Å². The van der Waals surface area contributed by atoms with E-state index >= 15 is 0 Å². The molecule has 3 aliphatic heterocycles. The summed E-state index contributed by atoms with van der Waals surface area (Å²) < 4.78 is 12.4. The Hall–Kier alpha value is -3.84. The van der Waals surface area contributed by atoms with E-state index in [2.05, 4.69) is 52.6 Å². The topological polar surface area (TPSA) is 98.1 Å². The van der Waals surface area contributed by atoms with Crippen LogP contribution >= 0.6 is 0 Å². The fourth-order valence-electron chi connectivity index (χ4n) is 6.98. The fourth-order valence-corrected chi connectivity index (χ4v) is 6.98. The predicted octanol–water partition coefficient (Wildman–Crippen LogP) is 3.21. The minimum Gasteiger partial charge on any atom is -0.491 e. The third-order valence-corrected chi connectivity index (χ3v) is 9.27. The van der Waals surface area contributed by atoms with Gasteiger partial charge in [0.1, 0.15) is 18.2 Å². The first kappa shape index (κ1) is 28.3. The zero-order valence-corrected chi connectivity index (χ0v) is 24.6. The molecular formula is C32H41N7O3. The number of likely N-dealkylation sites (N-methyl/N-ethyl adjacent to an activating group) is 1. The molecule has 0 radical (unpaired) electrons. The molecule has 4 heterocycles. The van der Waals surface area contributed by atoms with Crippen molar-refractivity contribution in [2.75, 3.05) is 62.8 Å². The first-order valence-corrected chi connectivity index (χ1v) is 15.3. The van der Waals surface area contributed by atoms with E-state index in [0.29, 0.717) is 44.3 Å². The van der Waals surface area contributed by atoms with Crippen LogP contribution in [0.4, 0.5) is 11.5 Å². The van der Waals surface area contributed by atoms with Crippen LogP contribution in [0.2, 0.25) is 0 Å². The number of nitriles is 1. The zero-order chi connectivity index (χ0) is 29.1. The van der Waals surface area contributed by atoms with Gasteiger partial charge in [-0.25, -0.2) is 0 Å². The van der Waals surface area contributed by atoms with Crippen LogP contribution < -0.4 is 19.3 Å². The number of amides is 1. The molecule has 0 saturated carbocycles. The van der Waals surface area contributed by atoms with Crippen LogP contribution in [-0.2, 0) is 17.6 Å². The summed E-state index contributed by atoms with van der Waals surface area (Å²) in [6, 6.07) is 11.5. The van der Waals surface area contributed by atoms with E-state index in [9.17, 15) is 10.1 Å². The van der Waals surface area contributed by atoms with Gasteiger partial charge >= 0.3 is 6.01 Å². The van der Waals surface area contributed by atoms with Crippen LogP contribution in [0, 0.1) is 11.3 Å². The molecule has 2 aromatic rings. The van der Waals surface area contributed by atoms with Crippen LogP contribution in [-0.4, -0.2) is 96.8 Å². The summed E-state index contributed by atoms with van der Waals surface area (Å²) in [5, 5.41) is 9.53. The van der Waals surface area contributed by atoms with Crippen molar-refractivity contribution < 1.29 is 14.3 Å². The quantitative estimate of drug-likeness (QED) is 0.464. The zero-order valence-electron chi connectivity index (χ0n) is 24.6. The average Bonchev–Trinajstić information content (AvgIpc) is 3.31. The Morgan fingerprint density at radius 2 is 2.05 bits per heavy atom. The van der Waals surface area contributed by atoms with E-state index in [-0.39, 0.29) is 18.4 Å². The third-order valence-electron chi connectivity index (χ3n) is 9.27. The van der Waals surface area contributed by atoms with Crippen molar-refractivity contribution >= 4 is 17.4 Å². The number of ether oxygens (including phenoxy) is 2. The molecule has 42 heavy (non-hydrogen) atoms. The van der Waals surface area contributed by atoms with E-state index in [4.69, 9.17) is 19.4 Å². The van der Waals surface area contributed by atoms with E-state index in [1.807, 2.05) is 6.07 Å². The Bertz CT molecular complexity index is 1340. The molecule has 6 rings (SSSR count). The standard InChI is InChI=1S/C32H41N7O3/c1-3-30(40)39-18-17-37(21-24(39)13-14-33)31-26-12-11-23(38-16-7-19-41-29-10-5-4-9-28(29)38)20-27(26)34-32(35-31)42-22-25-8-6-15-36(25)2/h3-5,9-10,23-25H,1,6-8,11-13,15-22H2,2H3/t23?,24-,25-/m0/s1. The van der Waals surface area contributed by atoms with Crippen LogP contribution in [0.25, 0.3) is 0 Å². The summed E-state index contributed by atoms with van der Waals surface area (Å²) in [6.45, 7) is 8.68. The van der Waals surface area contributed by atoms with Gasteiger partial charge in [-0.2, -0.15) is 15.2 Å². The van der Waals surface area contributed by atoms with E-state index in [1.165, 1.54) is 12.5 Å². The molecule has 1 aromatic carbocycles. The van der Waals surface area contributed by atoms with Gasteiger partial charge in [0.05, 0.1) is 36.5 Å². The van der Waals surface area contributed by atoms with Gasteiger partial charge in [0, 0.05) is 50.2 Å². The number of hydrogen-bond donors (Lipinski definition) is 0. The number of para-hydroxylation sites is 2. The molecule has 1 aliphatic carbocycles. The molecule has 0 bridgehead atoms. The largest absolute Gasteiger partial charge is 0.491 e. The van der Waals surface area contributed by atoms with Crippen molar-refractivity contribution in [3.8, 4) is 17.8 Å². The van der Waals surface area contributed by atoms with Crippen LogP contribution in [0.3, 0.4) is 0 Å². The Kier molecular flexibility index (Phi) is 8.47. The second-order valence-electron chi connectivity index (χ2n) is 11.8. The highest BCUT2D eigenvalue weighted by Gasteiger charge is 2.35. The second kappa shape index (κ2) is 12.6. The second-order valence-corrected chi connectivity index (χ2v) is 11.8. The highest BCUT2D eigenvalue weighted by Crippen LogP contribution is 2.38. The van der Waals surface area contributed by atoms with Gasteiger partial charge in [0.2, 0.25) is 5.91 Å². The molecule has 10 heteroatoms. The molecule has 1 aromatic heterocycles. The summed E-state index contributed by atoms with van der Waals surface area (Å²) in [5.41, 5.74) is 3.35. The third kappa shape index (κ3) is 5.75. The number of fused-ring (bicyclic) bond motifs is 2. The smallest absolute Gasteiger partial charge is 0.318 e. The van der Waals surface area contributed by atoms with Gasteiger partial charge < -0.3 is 29.1 Å². The van der Waals surface area contributed by atoms with Crippen molar-refractivity contribution in [3.05, 3.63) is 48.2 Å². The molecule has 3 atom stereocenters. The van der Waals surface area contributed by atoms with Gasteiger partial charge in [-0.05, 0) is 63.9 Å². The van der Waals surface area contributed by atoms with Crippen LogP contribution in [0.5, 0.6) is 11.8 Å². The minimum absolute atomic E-state index is 0.131. The number of aromatic nitrogens is 2. The number of carbonyl (C=O) groups is 1. The number of benzene rings is 1. The van der Waals surface area contributed by atoms with Gasteiger partial charge in [-0.1, -0.05) is 18.7 Å². The first-order chi connectivity index (χ1) is 20.6. The summed E-state index contributed by atoms with van der Waals surface area (Å²) >= 11 is 0. The highest BCUT2D eigenvalue weighted by atomic mass is 16.5. The van der Waals surface area contributed by atoms with Crippen molar-refractivity contribution in [1.82, 2.24) is 19.8 Å². The Labute approximate surface area is 248 Å². The Morgan fingerprint density at radius 3 is 2.86 bits per heavy atom. The molecule has 222 valence electrons. The number of nitrogens with zero attached hydrogens (tertiary/aromatic N) is 7. The molecule has 0 N–H and O–H groups in total. The minimum atomic E-state index is -0.221. The van der Waals surface area contributed by atoms with Gasteiger partial charge in [-0.15, -0.1) is 0 Å². The molecule has 2 saturated heterocycles. The predicted molar refractivity (Wildman–Crippen MR) is 161 cm³/mol. The summed E-state index contributed by atoms with van der Waals surface area (Å²) in [5.74, 6) is 1.71. The van der Waals surface area contributed by atoms with Crippen molar-refractivity contribution in [2.45, 2.75) is 63.1 Å². The maximum atomic E-state index is 12.5. The monoisotopic (exact) mass is 571 g/mol. The molecular weight excluding hydrogens is 530 g/mol. The average molecular weight is 572 g/mol. The number of likely N-dealkylation sites (tertiary alicyclic amines) is 1. The lowest BCUT2D eigenvalue weighted by molar-refractivity contribution is -0.128. The van der Waals surface area contributed by atoms with Gasteiger partial charge in [-0.3, -0.25) is 4.79 Å². The maximum Gasteiger partial charge on any atom is 0.318 e. The van der Waals surface area contributed by atoms with Gasteiger partial charge in [0.15, 0.2) is 0 Å². The maximum absolute atomic E-state index is 12.5. The lowest BCUT2D eigenvalue weighted by Crippen LogP contribution is -2.55. The van der Waals surface area contributed by atoms with E-state index < -0.39 is 0 Å². The number of hydrogen-bond acceptors (Lipinski definition) is 9. The van der Waals surface area contributed by atoms with Crippen LogP contribution in [0.1, 0.15) is 43.4 Å². The van der Waals surface area contributed by atoms with E-state index in [1.54, 1.807) is 4.90 Å². The van der Waals surface area contributed by atoms with Crippen molar-refractivity contribution in [2.24, 2.45) is 0 Å². The molecule has 10 nitrogen and oxygen atoms in total. The number of anilines is 2. The number of piperazine rings is 1. The Morgan fingerprint density at radius 1 is 1.17 bits per heavy atom. The fraction of sp³-hybridized carbons (Fsp3) is 0.562. The Balaban J connectivity index is 1.30. The molecule has 0 spiro atoms. The van der Waals surface area contributed by atoms with Crippen molar-refractivity contribution in [1.29, 1.82) is 5.26 Å². The summed E-state index contributed by atoms with van der Waals surface area (Å²) in [7, 11) is 2.15. The number of rotatable bonds is 7. The summed E-state index contributed by atoms with van der Waals surface area (Å²) in [4.78, 5) is 31.4. The molecule has 2 fully saturated rings. The molecule has 1 amide bonds. The lowest BCUT2D eigenvalue weighted by atomic mass is 9.90. The lowest BCUT2D eigenvalue weighted by Gasteiger charge is -2.42. The van der Waals surface area contributed by atoms with Crippen LogP contribution in [0.15, 0.2) is 36.9 Å². The summed E-state index contributed by atoms with van der Waals surface area (Å²) in [6.07, 6.45) is 7.51. The molecule has 4 aliphatic rings. The normalized spacial score (nSPS) is 24.2. The van der Waals surface area contributed by atoms with Crippen molar-refractivity contribution in [3.63, 3.8) is 0 Å². The SMILES string of the molecule is C=CC(=O)N1CCN(c2nc(OC[C@@H]3CCCN3C)nc3c2CCC(N2CCCOc4ccccc42)C3)C[C@@H]1CC#N. The van der Waals surface area contributed by atoms with Gasteiger partial charge in [0.25, 0.3) is 0 Å². The number of carbonyl (C=O) groups excluding carboxylic acids is 1. The first-order valence-electron chi connectivity index (χ1n) is 15.3.